The standard InChI is InChI=1S/C15H16BrNOS/c1-18-13-8-4-2-6-11(13)15(10-17)19-14-9-5-3-7-12(14)16/h2-9,15H,10,17H2,1H3. The second kappa shape index (κ2) is 6.98. The molecule has 0 aliphatic carbocycles. The van der Waals surface area contributed by atoms with Gasteiger partial charge < -0.3 is 10.5 Å². The zero-order chi connectivity index (χ0) is 13.7. The van der Waals surface area contributed by atoms with E-state index in [1.54, 1.807) is 18.9 Å². The lowest BCUT2D eigenvalue weighted by Crippen LogP contribution is -2.10. The topological polar surface area (TPSA) is 35.2 Å². The highest BCUT2D eigenvalue weighted by Crippen LogP contribution is 2.41. The Labute approximate surface area is 126 Å². The van der Waals surface area contributed by atoms with Gasteiger partial charge in [0.1, 0.15) is 5.75 Å². The van der Waals surface area contributed by atoms with Crippen LogP contribution < -0.4 is 10.5 Å². The molecule has 4 heteroatoms. The van der Waals surface area contributed by atoms with Crippen molar-refractivity contribution in [3.63, 3.8) is 0 Å². The normalized spacial score (nSPS) is 12.2. The molecule has 0 saturated heterocycles. The molecule has 0 saturated carbocycles. The van der Waals surface area contributed by atoms with Crippen molar-refractivity contribution in [1.29, 1.82) is 0 Å². The number of halogens is 1. The number of hydrogen-bond acceptors (Lipinski definition) is 3. The summed E-state index contributed by atoms with van der Waals surface area (Å²) in [7, 11) is 1.69. The SMILES string of the molecule is COc1ccccc1C(CN)Sc1ccccc1Br. The van der Waals surface area contributed by atoms with Crippen molar-refractivity contribution in [3.05, 3.63) is 58.6 Å². The fourth-order valence-electron chi connectivity index (χ4n) is 1.86. The molecule has 1 unspecified atom stereocenters. The molecule has 0 radical (unpaired) electrons. The van der Waals surface area contributed by atoms with E-state index in [4.69, 9.17) is 10.5 Å². The van der Waals surface area contributed by atoms with Crippen molar-refractivity contribution in [2.24, 2.45) is 5.73 Å². The first-order valence-corrected chi connectivity index (χ1v) is 7.67. The van der Waals surface area contributed by atoms with Crippen molar-refractivity contribution in [2.75, 3.05) is 13.7 Å². The molecule has 0 aliphatic rings. The maximum Gasteiger partial charge on any atom is 0.123 e. The van der Waals surface area contributed by atoms with Gasteiger partial charge in [0.2, 0.25) is 0 Å². The summed E-state index contributed by atoms with van der Waals surface area (Å²) >= 11 is 5.32. The number of hydrogen-bond donors (Lipinski definition) is 1. The van der Waals surface area contributed by atoms with E-state index < -0.39 is 0 Å². The van der Waals surface area contributed by atoms with Gasteiger partial charge >= 0.3 is 0 Å². The number of benzene rings is 2. The molecule has 2 rings (SSSR count). The number of methoxy groups -OCH3 is 1. The third kappa shape index (κ3) is 3.53. The first-order chi connectivity index (χ1) is 9.26. The van der Waals surface area contributed by atoms with Crippen molar-refractivity contribution in [2.45, 2.75) is 10.1 Å². The molecule has 19 heavy (non-hydrogen) atoms. The summed E-state index contributed by atoms with van der Waals surface area (Å²) in [6.07, 6.45) is 0. The predicted octanol–water partition coefficient (Wildman–Crippen LogP) is 4.25. The summed E-state index contributed by atoms with van der Waals surface area (Å²) in [6.45, 7) is 0.562. The fraction of sp³-hybridized carbons (Fsp3) is 0.200. The van der Waals surface area contributed by atoms with Crippen molar-refractivity contribution >= 4 is 27.7 Å². The predicted molar refractivity (Wildman–Crippen MR) is 84.8 cm³/mol. The largest absolute Gasteiger partial charge is 0.496 e. The minimum atomic E-state index is 0.176. The van der Waals surface area contributed by atoms with E-state index in [-0.39, 0.29) is 5.25 Å². The molecule has 0 aliphatic heterocycles. The van der Waals surface area contributed by atoms with Crippen molar-refractivity contribution in [3.8, 4) is 5.75 Å². The first kappa shape index (κ1) is 14.4. The van der Waals surface area contributed by atoms with Gasteiger partial charge in [-0.25, -0.2) is 0 Å². The number of rotatable bonds is 5. The monoisotopic (exact) mass is 337 g/mol. The zero-order valence-electron chi connectivity index (χ0n) is 10.7. The Morgan fingerprint density at radius 3 is 2.53 bits per heavy atom. The molecule has 0 aromatic heterocycles. The zero-order valence-corrected chi connectivity index (χ0v) is 13.1. The maximum atomic E-state index is 5.93. The number of ether oxygens (including phenoxy) is 1. The number of para-hydroxylation sites is 1. The fourth-order valence-corrected chi connectivity index (χ4v) is 3.49. The van der Waals surface area contributed by atoms with Gasteiger partial charge in [0.15, 0.2) is 0 Å². The molecule has 0 spiro atoms. The highest BCUT2D eigenvalue weighted by atomic mass is 79.9. The van der Waals surface area contributed by atoms with E-state index in [0.29, 0.717) is 6.54 Å². The number of nitrogens with two attached hydrogens (primary N) is 1. The first-order valence-electron chi connectivity index (χ1n) is 6.00. The van der Waals surface area contributed by atoms with E-state index in [2.05, 4.69) is 28.1 Å². The van der Waals surface area contributed by atoms with Crippen LogP contribution in [0.3, 0.4) is 0 Å². The van der Waals surface area contributed by atoms with Gasteiger partial charge in [0.05, 0.1) is 12.4 Å². The second-order valence-corrected chi connectivity index (χ2v) is 6.11. The van der Waals surface area contributed by atoms with Crippen LogP contribution in [0.2, 0.25) is 0 Å². The van der Waals surface area contributed by atoms with Crippen molar-refractivity contribution < 1.29 is 4.74 Å². The van der Waals surface area contributed by atoms with E-state index in [9.17, 15) is 0 Å². The van der Waals surface area contributed by atoms with Crippen LogP contribution in [0.15, 0.2) is 57.9 Å². The lowest BCUT2D eigenvalue weighted by Gasteiger charge is -2.18. The van der Waals surface area contributed by atoms with E-state index in [0.717, 1.165) is 15.8 Å². The van der Waals surface area contributed by atoms with E-state index in [1.165, 1.54) is 4.90 Å². The summed E-state index contributed by atoms with van der Waals surface area (Å²) in [5.41, 5.74) is 7.07. The van der Waals surface area contributed by atoms with E-state index >= 15 is 0 Å². The van der Waals surface area contributed by atoms with Gasteiger partial charge in [-0.3, -0.25) is 0 Å². The van der Waals surface area contributed by atoms with Gasteiger partial charge in [-0.2, -0.15) is 0 Å². The highest BCUT2D eigenvalue weighted by Gasteiger charge is 2.16. The smallest absolute Gasteiger partial charge is 0.123 e. The second-order valence-electron chi connectivity index (χ2n) is 4.01. The average molecular weight is 338 g/mol. The summed E-state index contributed by atoms with van der Waals surface area (Å²) < 4.78 is 6.51. The van der Waals surface area contributed by atoms with Gasteiger partial charge in [-0.1, -0.05) is 30.3 Å². The molecule has 2 aromatic rings. The van der Waals surface area contributed by atoms with Gasteiger partial charge in [0.25, 0.3) is 0 Å². The Bertz CT molecular complexity index is 547. The maximum absolute atomic E-state index is 5.93. The summed E-state index contributed by atoms with van der Waals surface area (Å²) in [5, 5.41) is 0.176. The lowest BCUT2D eigenvalue weighted by atomic mass is 10.1. The highest BCUT2D eigenvalue weighted by molar-refractivity contribution is 9.10. The minimum absolute atomic E-state index is 0.176. The van der Waals surface area contributed by atoms with Crippen LogP contribution in [0, 0.1) is 0 Å². The van der Waals surface area contributed by atoms with Crippen molar-refractivity contribution in [1.82, 2.24) is 0 Å². The third-order valence-corrected chi connectivity index (χ3v) is 5.10. The van der Waals surface area contributed by atoms with Crippen LogP contribution in [-0.2, 0) is 0 Å². The number of thioether (sulfide) groups is 1. The Balaban J connectivity index is 2.28. The Morgan fingerprint density at radius 2 is 1.84 bits per heavy atom. The Morgan fingerprint density at radius 1 is 1.16 bits per heavy atom. The van der Waals surface area contributed by atoms with Crippen LogP contribution in [0.25, 0.3) is 0 Å². The molecular weight excluding hydrogens is 322 g/mol. The molecule has 0 amide bonds. The third-order valence-electron chi connectivity index (χ3n) is 2.81. The van der Waals surface area contributed by atoms with Crippen LogP contribution in [0.4, 0.5) is 0 Å². The molecular formula is C15H16BrNOS. The summed E-state index contributed by atoms with van der Waals surface area (Å²) in [6, 6.07) is 16.2. The summed E-state index contributed by atoms with van der Waals surface area (Å²) in [5.74, 6) is 0.887. The minimum Gasteiger partial charge on any atom is -0.496 e. The molecule has 0 bridgehead atoms. The summed E-state index contributed by atoms with van der Waals surface area (Å²) in [4.78, 5) is 1.18. The molecule has 0 heterocycles. The van der Waals surface area contributed by atoms with Gasteiger partial charge in [-0.15, -0.1) is 11.8 Å². The lowest BCUT2D eigenvalue weighted by molar-refractivity contribution is 0.409. The van der Waals surface area contributed by atoms with Crippen LogP contribution in [0.5, 0.6) is 5.75 Å². The molecule has 2 N–H and O–H groups in total. The quantitative estimate of drug-likeness (QED) is 0.828. The molecule has 0 fully saturated rings. The van der Waals surface area contributed by atoms with E-state index in [1.807, 2.05) is 36.4 Å². The average Bonchev–Trinajstić information content (AvgIpc) is 2.46. The molecule has 2 nitrogen and oxygen atoms in total. The molecule has 1 atom stereocenters. The van der Waals surface area contributed by atoms with Crippen LogP contribution in [-0.4, -0.2) is 13.7 Å². The molecule has 2 aromatic carbocycles. The Kier molecular flexibility index (Phi) is 5.31. The van der Waals surface area contributed by atoms with Crippen LogP contribution in [0.1, 0.15) is 10.8 Å². The van der Waals surface area contributed by atoms with Gasteiger partial charge in [0, 0.05) is 21.5 Å². The van der Waals surface area contributed by atoms with Gasteiger partial charge in [-0.05, 0) is 34.1 Å². The molecule has 100 valence electrons. The van der Waals surface area contributed by atoms with Crippen LogP contribution >= 0.6 is 27.7 Å². The Hall–Kier alpha value is -0.970.